The molecule has 0 radical (unpaired) electrons. The molecule has 1 saturated carbocycles. The van der Waals surface area contributed by atoms with Crippen LogP contribution in [0.1, 0.15) is 18.9 Å². The predicted octanol–water partition coefficient (Wildman–Crippen LogP) is 3.04. The molecule has 0 heterocycles. The average molecular weight is 366 g/mol. The number of carbonyl (C=O) groups is 2. The molecule has 2 aromatic carbocycles. The van der Waals surface area contributed by atoms with Crippen LogP contribution in [0, 0.1) is 11.8 Å². The van der Waals surface area contributed by atoms with Gasteiger partial charge in [-0.1, -0.05) is 30.3 Å². The fourth-order valence-corrected chi connectivity index (χ4v) is 3.32. The number of hydrogen-bond acceptors (Lipinski definition) is 3. The van der Waals surface area contributed by atoms with Crippen molar-refractivity contribution < 1.29 is 14.3 Å². The maximum atomic E-state index is 12.7. The molecule has 5 nitrogen and oxygen atoms in total. The number of nitrogens with one attached hydrogen (secondary N) is 1. The zero-order chi connectivity index (χ0) is 19.2. The van der Waals surface area contributed by atoms with E-state index in [4.69, 9.17) is 4.74 Å². The van der Waals surface area contributed by atoms with E-state index < -0.39 is 0 Å². The standard InChI is InChI=1S/C22H26N2O3/c1-3-24(17-9-5-4-6-10-17)22(26)20-15-19(20)21(25)23-13-12-16-8-7-11-18(14-16)27-2/h4-11,14,19-20H,3,12-13,15H2,1-2H3,(H,23,25). The van der Waals surface area contributed by atoms with Gasteiger partial charge in [-0.05, 0) is 49.6 Å². The monoisotopic (exact) mass is 366 g/mol. The van der Waals surface area contributed by atoms with Gasteiger partial charge in [0.05, 0.1) is 18.9 Å². The van der Waals surface area contributed by atoms with Crippen LogP contribution in [0.2, 0.25) is 0 Å². The van der Waals surface area contributed by atoms with E-state index in [1.807, 2.05) is 61.5 Å². The smallest absolute Gasteiger partial charge is 0.230 e. The van der Waals surface area contributed by atoms with Gasteiger partial charge >= 0.3 is 0 Å². The molecule has 0 bridgehead atoms. The van der Waals surface area contributed by atoms with Crippen LogP contribution in [-0.4, -0.2) is 32.0 Å². The highest BCUT2D eigenvalue weighted by atomic mass is 16.5. The highest BCUT2D eigenvalue weighted by Crippen LogP contribution is 2.40. The molecule has 1 fully saturated rings. The lowest BCUT2D eigenvalue weighted by Crippen LogP contribution is -2.34. The summed E-state index contributed by atoms with van der Waals surface area (Å²) in [6.07, 6.45) is 1.37. The first-order valence-electron chi connectivity index (χ1n) is 9.41. The predicted molar refractivity (Wildman–Crippen MR) is 106 cm³/mol. The van der Waals surface area contributed by atoms with Crippen molar-refractivity contribution in [1.82, 2.24) is 5.32 Å². The first kappa shape index (κ1) is 19.0. The van der Waals surface area contributed by atoms with E-state index in [1.54, 1.807) is 12.0 Å². The normalized spacial score (nSPS) is 17.9. The lowest BCUT2D eigenvalue weighted by molar-refractivity contribution is -0.126. The highest BCUT2D eigenvalue weighted by Gasteiger charge is 2.49. The van der Waals surface area contributed by atoms with Crippen molar-refractivity contribution in [2.75, 3.05) is 25.1 Å². The fraction of sp³-hybridized carbons (Fsp3) is 0.364. The molecule has 0 spiro atoms. The molecule has 2 amide bonds. The number of rotatable bonds is 8. The summed E-state index contributed by atoms with van der Waals surface area (Å²) in [5.41, 5.74) is 1.99. The lowest BCUT2D eigenvalue weighted by atomic mass is 10.1. The van der Waals surface area contributed by atoms with Crippen LogP contribution in [0.3, 0.4) is 0 Å². The molecule has 0 aliphatic heterocycles. The summed E-state index contributed by atoms with van der Waals surface area (Å²) in [5.74, 6) is 0.409. The number of anilines is 1. The van der Waals surface area contributed by atoms with E-state index in [0.29, 0.717) is 19.5 Å². The first-order valence-corrected chi connectivity index (χ1v) is 9.41. The van der Waals surface area contributed by atoms with Gasteiger partial charge in [-0.3, -0.25) is 9.59 Å². The molecule has 142 valence electrons. The molecule has 2 unspecified atom stereocenters. The second-order valence-corrected chi connectivity index (χ2v) is 6.76. The number of hydrogen-bond donors (Lipinski definition) is 1. The Hall–Kier alpha value is -2.82. The Kier molecular flexibility index (Phi) is 6.12. The van der Waals surface area contributed by atoms with Crippen LogP contribution in [0.4, 0.5) is 5.69 Å². The fourth-order valence-electron chi connectivity index (χ4n) is 3.32. The van der Waals surface area contributed by atoms with Gasteiger partial charge < -0.3 is 15.0 Å². The zero-order valence-electron chi connectivity index (χ0n) is 15.9. The minimum absolute atomic E-state index is 0.0274. The Labute approximate surface area is 160 Å². The summed E-state index contributed by atoms with van der Waals surface area (Å²) in [5, 5.41) is 2.96. The van der Waals surface area contributed by atoms with E-state index in [-0.39, 0.29) is 23.7 Å². The number of benzene rings is 2. The quantitative estimate of drug-likeness (QED) is 0.781. The summed E-state index contributed by atoms with van der Waals surface area (Å²) in [6.45, 7) is 3.11. The Morgan fingerprint density at radius 3 is 2.59 bits per heavy atom. The summed E-state index contributed by atoms with van der Waals surface area (Å²) in [6, 6.07) is 17.4. The van der Waals surface area contributed by atoms with Crippen molar-refractivity contribution in [3.05, 3.63) is 60.2 Å². The van der Waals surface area contributed by atoms with E-state index in [1.165, 1.54) is 0 Å². The van der Waals surface area contributed by atoms with Crippen LogP contribution in [0.5, 0.6) is 5.75 Å². The van der Waals surface area contributed by atoms with Crippen molar-refractivity contribution in [3.63, 3.8) is 0 Å². The molecule has 2 atom stereocenters. The van der Waals surface area contributed by atoms with Crippen LogP contribution in [-0.2, 0) is 16.0 Å². The Morgan fingerprint density at radius 2 is 1.89 bits per heavy atom. The minimum atomic E-state index is -0.208. The van der Waals surface area contributed by atoms with Gasteiger partial charge in [0, 0.05) is 18.8 Å². The Bertz CT molecular complexity index is 791. The van der Waals surface area contributed by atoms with E-state index in [2.05, 4.69) is 5.32 Å². The van der Waals surface area contributed by atoms with Gasteiger partial charge in [0.15, 0.2) is 0 Å². The molecular weight excluding hydrogens is 340 g/mol. The maximum absolute atomic E-state index is 12.7. The molecule has 2 aromatic rings. The Morgan fingerprint density at radius 1 is 1.11 bits per heavy atom. The summed E-state index contributed by atoms with van der Waals surface area (Å²) >= 11 is 0. The van der Waals surface area contributed by atoms with E-state index >= 15 is 0 Å². The largest absolute Gasteiger partial charge is 0.497 e. The highest BCUT2D eigenvalue weighted by molar-refractivity contribution is 6.01. The Balaban J connectivity index is 1.49. The topological polar surface area (TPSA) is 58.6 Å². The van der Waals surface area contributed by atoms with Gasteiger partial charge in [-0.15, -0.1) is 0 Å². The summed E-state index contributed by atoms with van der Waals surface area (Å²) in [4.78, 5) is 26.9. The van der Waals surface area contributed by atoms with Crippen LogP contribution < -0.4 is 15.0 Å². The van der Waals surface area contributed by atoms with Gasteiger partial charge in [-0.2, -0.15) is 0 Å². The number of amides is 2. The van der Waals surface area contributed by atoms with E-state index in [0.717, 1.165) is 23.4 Å². The molecule has 1 aliphatic rings. The van der Waals surface area contributed by atoms with Crippen molar-refractivity contribution >= 4 is 17.5 Å². The van der Waals surface area contributed by atoms with Gasteiger partial charge in [0.2, 0.25) is 11.8 Å². The third-order valence-corrected chi connectivity index (χ3v) is 4.94. The van der Waals surface area contributed by atoms with Crippen LogP contribution in [0.15, 0.2) is 54.6 Å². The number of nitrogens with zero attached hydrogens (tertiary/aromatic N) is 1. The average Bonchev–Trinajstić information content (AvgIpc) is 3.50. The van der Waals surface area contributed by atoms with Crippen LogP contribution >= 0.6 is 0 Å². The van der Waals surface area contributed by atoms with E-state index in [9.17, 15) is 9.59 Å². The minimum Gasteiger partial charge on any atom is -0.497 e. The SMILES string of the molecule is CCN(C(=O)C1CC1C(=O)NCCc1cccc(OC)c1)c1ccccc1. The zero-order valence-corrected chi connectivity index (χ0v) is 15.9. The van der Waals surface area contributed by atoms with Gasteiger partial charge in [0.1, 0.15) is 5.75 Å². The second kappa shape index (κ2) is 8.71. The maximum Gasteiger partial charge on any atom is 0.230 e. The number of carbonyl (C=O) groups excluding carboxylic acids is 2. The second-order valence-electron chi connectivity index (χ2n) is 6.76. The summed E-state index contributed by atoms with van der Waals surface area (Å²) < 4.78 is 5.21. The number of methoxy groups -OCH3 is 1. The van der Waals surface area contributed by atoms with Crippen molar-refractivity contribution in [1.29, 1.82) is 0 Å². The molecule has 1 aliphatic carbocycles. The summed E-state index contributed by atoms with van der Waals surface area (Å²) in [7, 11) is 1.64. The van der Waals surface area contributed by atoms with Crippen molar-refractivity contribution in [2.45, 2.75) is 19.8 Å². The molecular formula is C22H26N2O3. The molecule has 0 aromatic heterocycles. The molecule has 3 rings (SSSR count). The van der Waals surface area contributed by atoms with Crippen LogP contribution in [0.25, 0.3) is 0 Å². The first-order chi connectivity index (χ1) is 13.1. The van der Waals surface area contributed by atoms with Gasteiger partial charge in [-0.25, -0.2) is 0 Å². The third kappa shape index (κ3) is 4.67. The third-order valence-electron chi connectivity index (χ3n) is 4.94. The number of ether oxygens (including phenoxy) is 1. The molecule has 5 heteroatoms. The number of para-hydroxylation sites is 1. The molecule has 0 saturated heterocycles. The van der Waals surface area contributed by atoms with Crippen molar-refractivity contribution in [3.8, 4) is 5.75 Å². The van der Waals surface area contributed by atoms with Gasteiger partial charge in [0.25, 0.3) is 0 Å². The van der Waals surface area contributed by atoms with Crippen molar-refractivity contribution in [2.24, 2.45) is 11.8 Å². The molecule has 1 N–H and O–H groups in total. The lowest BCUT2D eigenvalue weighted by Gasteiger charge is -2.21. The molecule has 27 heavy (non-hydrogen) atoms.